The lowest BCUT2D eigenvalue weighted by Gasteiger charge is -2.24. The maximum absolute atomic E-state index is 12.5. The molecule has 0 aromatic carbocycles. The standard InChI is InChI=1S/C18H27N7O2/c19-7-12-13-8-24(9-14(12)13)25-5-1-15(22-17(25)27)21-16(26)23-6-3-18(11-23)2-4-20-10-18/h1,5,12-14,20H,2-4,6-11,19H2,(H,21,22,26,27)/t12?,13-,14?,18?/m1/s1. The molecular weight excluding hydrogens is 346 g/mol. The van der Waals surface area contributed by atoms with Crippen LogP contribution < -0.4 is 27.1 Å². The number of anilines is 1. The van der Waals surface area contributed by atoms with Gasteiger partial charge in [-0.2, -0.15) is 4.98 Å². The number of amides is 2. The highest BCUT2D eigenvalue weighted by Crippen LogP contribution is 2.50. The minimum absolute atomic E-state index is 0.170. The number of aromatic nitrogens is 2. The molecule has 5 rings (SSSR count). The lowest BCUT2D eigenvalue weighted by molar-refractivity contribution is 0.215. The van der Waals surface area contributed by atoms with Crippen molar-refractivity contribution in [1.82, 2.24) is 19.9 Å². The Morgan fingerprint density at radius 3 is 2.85 bits per heavy atom. The molecule has 4 heterocycles. The number of nitrogens with two attached hydrogens (primary N) is 1. The van der Waals surface area contributed by atoms with Crippen molar-refractivity contribution in [2.75, 3.05) is 56.1 Å². The molecule has 1 aliphatic carbocycles. The van der Waals surface area contributed by atoms with E-state index in [0.29, 0.717) is 23.6 Å². The Balaban J connectivity index is 1.21. The van der Waals surface area contributed by atoms with Crippen LogP contribution in [0.2, 0.25) is 0 Å². The molecule has 1 aromatic heterocycles. The molecular formula is C18H27N7O2. The molecule has 0 radical (unpaired) electrons. The van der Waals surface area contributed by atoms with Gasteiger partial charge in [0.05, 0.1) is 0 Å². The van der Waals surface area contributed by atoms with Gasteiger partial charge in [-0.05, 0) is 49.8 Å². The number of urea groups is 1. The molecule has 3 saturated heterocycles. The number of carbonyl (C=O) groups excluding carboxylic acids is 1. The molecule has 4 aliphatic rings. The van der Waals surface area contributed by atoms with E-state index < -0.39 is 0 Å². The number of rotatable bonds is 3. The van der Waals surface area contributed by atoms with Crippen molar-refractivity contribution in [1.29, 1.82) is 0 Å². The van der Waals surface area contributed by atoms with Crippen LogP contribution in [0.5, 0.6) is 0 Å². The zero-order chi connectivity index (χ0) is 18.6. The van der Waals surface area contributed by atoms with Gasteiger partial charge in [-0.1, -0.05) is 0 Å². The largest absolute Gasteiger partial charge is 0.368 e. The molecule has 4 N–H and O–H groups in total. The zero-order valence-electron chi connectivity index (χ0n) is 15.4. The average molecular weight is 373 g/mol. The van der Waals surface area contributed by atoms with Gasteiger partial charge >= 0.3 is 11.7 Å². The molecule has 3 aliphatic heterocycles. The second kappa shape index (κ2) is 6.20. The topological polar surface area (TPSA) is 109 Å². The summed E-state index contributed by atoms with van der Waals surface area (Å²) < 4.78 is 1.56. The number of carbonyl (C=O) groups is 1. The summed E-state index contributed by atoms with van der Waals surface area (Å²) in [6.45, 7) is 5.96. The maximum Gasteiger partial charge on any atom is 0.368 e. The second-order valence-corrected chi connectivity index (χ2v) is 8.57. The van der Waals surface area contributed by atoms with Crippen LogP contribution in [0.4, 0.5) is 10.6 Å². The van der Waals surface area contributed by atoms with Crippen molar-refractivity contribution in [2.24, 2.45) is 28.9 Å². The van der Waals surface area contributed by atoms with Crippen molar-refractivity contribution < 1.29 is 4.79 Å². The van der Waals surface area contributed by atoms with Crippen molar-refractivity contribution in [3.8, 4) is 0 Å². The molecule has 27 heavy (non-hydrogen) atoms. The summed E-state index contributed by atoms with van der Waals surface area (Å²) in [6, 6.07) is 1.53. The summed E-state index contributed by atoms with van der Waals surface area (Å²) in [6.07, 6.45) is 3.86. The molecule has 4 fully saturated rings. The molecule has 1 saturated carbocycles. The van der Waals surface area contributed by atoms with Gasteiger partial charge in [0.1, 0.15) is 5.82 Å². The maximum atomic E-state index is 12.5. The quantitative estimate of drug-likeness (QED) is 0.642. The van der Waals surface area contributed by atoms with Gasteiger partial charge in [-0.25, -0.2) is 14.3 Å². The molecule has 1 spiro atoms. The van der Waals surface area contributed by atoms with E-state index in [1.807, 2.05) is 9.91 Å². The van der Waals surface area contributed by atoms with Crippen molar-refractivity contribution >= 4 is 11.8 Å². The van der Waals surface area contributed by atoms with E-state index in [1.54, 1.807) is 16.9 Å². The summed E-state index contributed by atoms with van der Waals surface area (Å²) in [5.74, 6) is 2.14. The Kier molecular flexibility index (Phi) is 3.90. The van der Waals surface area contributed by atoms with E-state index in [-0.39, 0.29) is 17.1 Å². The minimum atomic E-state index is -0.351. The van der Waals surface area contributed by atoms with Crippen molar-refractivity contribution in [3.63, 3.8) is 0 Å². The van der Waals surface area contributed by atoms with Gasteiger partial charge in [-0.3, -0.25) is 5.32 Å². The first-order valence-electron chi connectivity index (χ1n) is 9.90. The van der Waals surface area contributed by atoms with E-state index >= 15 is 0 Å². The fourth-order valence-corrected chi connectivity index (χ4v) is 5.28. The van der Waals surface area contributed by atoms with Crippen LogP contribution in [0.1, 0.15) is 12.8 Å². The highest BCUT2D eigenvalue weighted by Gasteiger charge is 2.55. The fraction of sp³-hybridized carbons (Fsp3) is 0.722. The molecule has 146 valence electrons. The first kappa shape index (κ1) is 17.0. The number of piperidine rings is 1. The summed E-state index contributed by atoms with van der Waals surface area (Å²) >= 11 is 0. The van der Waals surface area contributed by atoms with E-state index in [9.17, 15) is 9.59 Å². The third kappa shape index (κ3) is 2.89. The number of likely N-dealkylation sites (tertiary alicyclic amines) is 1. The summed E-state index contributed by atoms with van der Waals surface area (Å²) in [7, 11) is 0. The lowest BCUT2D eigenvalue weighted by Crippen LogP contribution is -2.44. The monoisotopic (exact) mass is 373 g/mol. The van der Waals surface area contributed by atoms with Crippen LogP contribution in [0.3, 0.4) is 0 Å². The Labute approximate surface area is 157 Å². The predicted octanol–water partition coefficient (Wildman–Crippen LogP) is -0.767. The van der Waals surface area contributed by atoms with Crippen LogP contribution in [0, 0.1) is 23.2 Å². The van der Waals surface area contributed by atoms with E-state index in [0.717, 1.165) is 58.7 Å². The highest BCUT2D eigenvalue weighted by molar-refractivity contribution is 5.88. The fourth-order valence-electron chi connectivity index (χ4n) is 5.28. The molecule has 1 aromatic rings. The van der Waals surface area contributed by atoms with Crippen LogP contribution in [-0.2, 0) is 0 Å². The number of hydrogen-bond acceptors (Lipinski definition) is 6. The highest BCUT2D eigenvalue weighted by atomic mass is 16.2. The number of hydrogen-bond donors (Lipinski definition) is 3. The van der Waals surface area contributed by atoms with Gasteiger partial charge in [0.15, 0.2) is 0 Å². The van der Waals surface area contributed by atoms with Crippen LogP contribution in [0.25, 0.3) is 0 Å². The van der Waals surface area contributed by atoms with Crippen molar-refractivity contribution in [3.05, 3.63) is 22.7 Å². The molecule has 4 atom stereocenters. The normalized spacial score (nSPS) is 34.3. The Morgan fingerprint density at radius 2 is 2.19 bits per heavy atom. The number of fused-ring (bicyclic) bond motifs is 1. The molecule has 9 nitrogen and oxygen atoms in total. The summed E-state index contributed by atoms with van der Waals surface area (Å²) in [4.78, 5) is 30.9. The number of nitrogens with zero attached hydrogens (tertiary/aromatic N) is 4. The summed E-state index contributed by atoms with van der Waals surface area (Å²) in [5.41, 5.74) is 5.62. The number of nitrogens with one attached hydrogen (secondary N) is 2. The van der Waals surface area contributed by atoms with Gasteiger partial charge in [0.25, 0.3) is 0 Å². The van der Waals surface area contributed by atoms with Gasteiger partial charge in [-0.15, -0.1) is 0 Å². The predicted molar refractivity (Wildman–Crippen MR) is 101 cm³/mol. The van der Waals surface area contributed by atoms with Gasteiger partial charge in [0, 0.05) is 44.3 Å². The van der Waals surface area contributed by atoms with Gasteiger partial charge < -0.3 is 21.0 Å². The minimum Gasteiger partial charge on any atom is -0.330 e. The molecule has 9 heteroatoms. The van der Waals surface area contributed by atoms with Crippen LogP contribution in [-0.4, -0.2) is 66.4 Å². The second-order valence-electron chi connectivity index (χ2n) is 8.57. The Hall–Kier alpha value is -2.13. The zero-order valence-corrected chi connectivity index (χ0v) is 15.4. The van der Waals surface area contributed by atoms with Crippen LogP contribution >= 0.6 is 0 Å². The molecule has 0 bridgehead atoms. The Morgan fingerprint density at radius 1 is 1.37 bits per heavy atom. The van der Waals surface area contributed by atoms with Gasteiger partial charge in [0.2, 0.25) is 0 Å². The Bertz CT molecular complexity index is 791. The van der Waals surface area contributed by atoms with E-state index in [1.165, 1.54) is 0 Å². The first-order chi connectivity index (χ1) is 13.1. The first-order valence-corrected chi connectivity index (χ1v) is 9.90. The molecule has 3 unspecified atom stereocenters. The third-order valence-electron chi connectivity index (χ3n) is 7.01. The smallest absolute Gasteiger partial charge is 0.330 e. The molecule has 2 amide bonds. The van der Waals surface area contributed by atoms with Crippen LogP contribution in [0.15, 0.2) is 17.1 Å². The summed E-state index contributed by atoms with van der Waals surface area (Å²) in [5, 5.41) is 8.21. The van der Waals surface area contributed by atoms with E-state index in [4.69, 9.17) is 5.73 Å². The lowest BCUT2D eigenvalue weighted by atomic mass is 9.87. The average Bonchev–Trinajstić information content (AvgIpc) is 3.13. The third-order valence-corrected chi connectivity index (χ3v) is 7.01. The SMILES string of the molecule is NCC1C2CN(n3ccc(NC(=O)N4CCC5(CCNC5)C4)nc3=O)C[C@H]12. The van der Waals surface area contributed by atoms with E-state index in [2.05, 4.69) is 15.6 Å². The van der Waals surface area contributed by atoms with Crippen molar-refractivity contribution in [2.45, 2.75) is 12.8 Å².